The standard InChI is InChI=1S/C17H18FNO3/c1-21-11-14-9-13(5-8-16(14)22-2)17(20)19-10-12-3-6-15(18)7-4-12/h3-9H,10-11H2,1-2H3,(H,19,20). The zero-order valence-corrected chi connectivity index (χ0v) is 12.6. The zero-order chi connectivity index (χ0) is 15.9. The van der Waals surface area contributed by atoms with Crippen molar-refractivity contribution in [1.82, 2.24) is 5.32 Å². The Balaban J connectivity index is 2.05. The molecule has 2 rings (SSSR count). The van der Waals surface area contributed by atoms with Crippen LogP contribution in [-0.4, -0.2) is 20.1 Å². The molecule has 22 heavy (non-hydrogen) atoms. The molecule has 0 aliphatic heterocycles. The van der Waals surface area contributed by atoms with Crippen LogP contribution in [0.25, 0.3) is 0 Å². The monoisotopic (exact) mass is 303 g/mol. The maximum Gasteiger partial charge on any atom is 0.251 e. The summed E-state index contributed by atoms with van der Waals surface area (Å²) >= 11 is 0. The quantitative estimate of drug-likeness (QED) is 0.892. The summed E-state index contributed by atoms with van der Waals surface area (Å²) in [5, 5.41) is 2.80. The van der Waals surface area contributed by atoms with Gasteiger partial charge in [0.15, 0.2) is 0 Å². The molecule has 116 valence electrons. The van der Waals surface area contributed by atoms with Gasteiger partial charge in [-0.1, -0.05) is 12.1 Å². The number of nitrogens with one attached hydrogen (secondary N) is 1. The number of halogens is 1. The van der Waals surface area contributed by atoms with Crippen LogP contribution in [0.1, 0.15) is 21.5 Å². The SMILES string of the molecule is COCc1cc(C(=O)NCc2ccc(F)cc2)ccc1OC. The minimum absolute atomic E-state index is 0.204. The van der Waals surface area contributed by atoms with Crippen LogP contribution in [0.15, 0.2) is 42.5 Å². The average molecular weight is 303 g/mol. The highest BCUT2D eigenvalue weighted by Gasteiger charge is 2.10. The van der Waals surface area contributed by atoms with Crippen LogP contribution in [0.3, 0.4) is 0 Å². The van der Waals surface area contributed by atoms with Gasteiger partial charge in [-0.15, -0.1) is 0 Å². The molecular weight excluding hydrogens is 285 g/mol. The van der Waals surface area contributed by atoms with Crippen LogP contribution in [0, 0.1) is 5.82 Å². The fourth-order valence-electron chi connectivity index (χ4n) is 2.07. The number of rotatable bonds is 6. The highest BCUT2D eigenvalue weighted by molar-refractivity contribution is 5.94. The van der Waals surface area contributed by atoms with E-state index >= 15 is 0 Å². The summed E-state index contributed by atoms with van der Waals surface area (Å²) in [4.78, 5) is 12.2. The van der Waals surface area contributed by atoms with E-state index in [1.165, 1.54) is 12.1 Å². The third kappa shape index (κ3) is 4.05. The largest absolute Gasteiger partial charge is 0.496 e. The summed E-state index contributed by atoms with van der Waals surface area (Å²) in [5.41, 5.74) is 2.16. The third-order valence-corrected chi connectivity index (χ3v) is 3.21. The number of carbonyl (C=O) groups is 1. The van der Waals surface area contributed by atoms with E-state index in [9.17, 15) is 9.18 Å². The van der Waals surface area contributed by atoms with Gasteiger partial charge >= 0.3 is 0 Å². The summed E-state index contributed by atoms with van der Waals surface area (Å²) in [6, 6.07) is 11.2. The molecular formula is C17H18FNO3. The van der Waals surface area contributed by atoms with Crippen molar-refractivity contribution in [3.8, 4) is 5.75 Å². The van der Waals surface area contributed by atoms with Crippen molar-refractivity contribution < 1.29 is 18.7 Å². The second-order valence-corrected chi connectivity index (χ2v) is 4.77. The van der Waals surface area contributed by atoms with E-state index in [4.69, 9.17) is 9.47 Å². The lowest BCUT2D eigenvalue weighted by atomic mass is 10.1. The van der Waals surface area contributed by atoms with Gasteiger partial charge in [0.1, 0.15) is 11.6 Å². The number of benzene rings is 2. The minimum Gasteiger partial charge on any atom is -0.496 e. The molecule has 0 fully saturated rings. The van der Waals surface area contributed by atoms with Crippen molar-refractivity contribution in [3.63, 3.8) is 0 Å². The van der Waals surface area contributed by atoms with E-state index in [1.807, 2.05) is 0 Å². The van der Waals surface area contributed by atoms with Crippen molar-refractivity contribution in [2.75, 3.05) is 14.2 Å². The second kappa shape index (κ2) is 7.56. The van der Waals surface area contributed by atoms with Crippen LogP contribution in [0.5, 0.6) is 5.75 Å². The van der Waals surface area contributed by atoms with Gasteiger partial charge in [-0.25, -0.2) is 4.39 Å². The number of carbonyl (C=O) groups excluding carboxylic acids is 1. The van der Waals surface area contributed by atoms with Crippen LogP contribution in [0.2, 0.25) is 0 Å². The highest BCUT2D eigenvalue weighted by Crippen LogP contribution is 2.20. The van der Waals surface area contributed by atoms with Crippen molar-refractivity contribution in [2.24, 2.45) is 0 Å². The smallest absolute Gasteiger partial charge is 0.251 e. The molecule has 4 nitrogen and oxygen atoms in total. The number of amides is 1. The topological polar surface area (TPSA) is 47.6 Å². The molecule has 5 heteroatoms. The van der Waals surface area contributed by atoms with Crippen LogP contribution < -0.4 is 10.1 Å². The Hall–Kier alpha value is -2.40. The molecule has 1 amide bonds. The molecule has 0 bridgehead atoms. The summed E-state index contributed by atoms with van der Waals surface area (Å²) < 4.78 is 23.2. The molecule has 0 heterocycles. The van der Waals surface area contributed by atoms with E-state index in [-0.39, 0.29) is 11.7 Å². The highest BCUT2D eigenvalue weighted by atomic mass is 19.1. The molecule has 0 atom stereocenters. The predicted octanol–water partition coefficient (Wildman–Crippen LogP) is 2.91. The molecule has 2 aromatic carbocycles. The molecule has 0 saturated carbocycles. The lowest BCUT2D eigenvalue weighted by Crippen LogP contribution is -2.23. The zero-order valence-electron chi connectivity index (χ0n) is 12.6. The molecule has 1 N–H and O–H groups in total. The minimum atomic E-state index is -0.297. The van der Waals surface area contributed by atoms with Gasteiger partial charge < -0.3 is 14.8 Å². The van der Waals surface area contributed by atoms with E-state index < -0.39 is 0 Å². The summed E-state index contributed by atoms with van der Waals surface area (Å²) in [6.07, 6.45) is 0. The first-order valence-corrected chi connectivity index (χ1v) is 6.82. The molecule has 0 unspecified atom stereocenters. The van der Waals surface area contributed by atoms with E-state index in [0.717, 1.165) is 11.1 Å². The van der Waals surface area contributed by atoms with Gasteiger partial charge in [0.25, 0.3) is 5.91 Å². The predicted molar refractivity (Wildman–Crippen MR) is 81.3 cm³/mol. The Morgan fingerprint density at radius 1 is 1.14 bits per heavy atom. The maximum atomic E-state index is 12.8. The van der Waals surface area contributed by atoms with Crippen LogP contribution >= 0.6 is 0 Å². The van der Waals surface area contributed by atoms with E-state index in [0.29, 0.717) is 24.5 Å². The lowest BCUT2D eigenvalue weighted by Gasteiger charge is -2.10. The summed E-state index contributed by atoms with van der Waals surface area (Å²) in [5.74, 6) is 0.177. The Bertz CT molecular complexity index is 641. The molecule has 0 saturated heterocycles. The maximum absolute atomic E-state index is 12.8. The Kier molecular flexibility index (Phi) is 5.49. The lowest BCUT2D eigenvalue weighted by molar-refractivity contribution is 0.0950. The number of ether oxygens (including phenoxy) is 2. The Morgan fingerprint density at radius 2 is 1.86 bits per heavy atom. The Labute approximate surface area is 128 Å². The van der Waals surface area contributed by atoms with E-state index in [1.54, 1.807) is 44.6 Å². The van der Waals surface area contributed by atoms with Crippen molar-refractivity contribution >= 4 is 5.91 Å². The summed E-state index contributed by atoms with van der Waals surface area (Å²) in [7, 11) is 3.16. The van der Waals surface area contributed by atoms with Gasteiger partial charge in [-0.3, -0.25) is 4.79 Å². The molecule has 0 aliphatic carbocycles. The molecule has 0 aromatic heterocycles. The van der Waals surface area contributed by atoms with Gasteiger partial charge in [-0.05, 0) is 35.9 Å². The second-order valence-electron chi connectivity index (χ2n) is 4.77. The number of hydrogen-bond donors (Lipinski definition) is 1. The first-order valence-electron chi connectivity index (χ1n) is 6.82. The first-order chi connectivity index (χ1) is 10.6. The van der Waals surface area contributed by atoms with Crippen molar-refractivity contribution in [1.29, 1.82) is 0 Å². The van der Waals surface area contributed by atoms with Crippen LogP contribution in [-0.2, 0) is 17.9 Å². The van der Waals surface area contributed by atoms with Gasteiger partial charge in [0, 0.05) is 24.8 Å². The first kappa shape index (κ1) is 16.0. The number of hydrogen-bond acceptors (Lipinski definition) is 3. The van der Waals surface area contributed by atoms with Crippen molar-refractivity contribution in [3.05, 3.63) is 65.0 Å². The average Bonchev–Trinajstić information content (AvgIpc) is 2.54. The molecule has 0 aliphatic rings. The fraction of sp³-hybridized carbons (Fsp3) is 0.235. The normalized spacial score (nSPS) is 10.3. The fourth-order valence-corrected chi connectivity index (χ4v) is 2.07. The van der Waals surface area contributed by atoms with Gasteiger partial charge in [-0.2, -0.15) is 0 Å². The van der Waals surface area contributed by atoms with Crippen LogP contribution in [0.4, 0.5) is 4.39 Å². The molecule has 0 spiro atoms. The van der Waals surface area contributed by atoms with E-state index in [2.05, 4.69) is 5.32 Å². The third-order valence-electron chi connectivity index (χ3n) is 3.21. The van der Waals surface area contributed by atoms with Gasteiger partial charge in [0.2, 0.25) is 0 Å². The number of methoxy groups -OCH3 is 2. The van der Waals surface area contributed by atoms with Crippen molar-refractivity contribution in [2.45, 2.75) is 13.2 Å². The van der Waals surface area contributed by atoms with Gasteiger partial charge in [0.05, 0.1) is 13.7 Å². The molecule has 0 radical (unpaired) electrons. The summed E-state index contributed by atoms with van der Waals surface area (Å²) in [6.45, 7) is 0.701. The Morgan fingerprint density at radius 3 is 2.50 bits per heavy atom. The molecule has 2 aromatic rings.